The van der Waals surface area contributed by atoms with E-state index < -0.39 is 21.6 Å². The standard InChI is InChI=1S/C10H16Cl3NO2.CH3NO2/c1-5-6-14(7-10(11,12)13)8(15)16-9(2,3)4;2-1(3)4/h5H,1,6-7H2,2-4H3;2H2,(H,3,4). The van der Waals surface area contributed by atoms with E-state index >= 15 is 0 Å². The molecule has 0 aromatic rings. The molecule has 0 rings (SSSR count). The van der Waals surface area contributed by atoms with E-state index in [1.807, 2.05) is 0 Å². The highest BCUT2D eigenvalue weighted by molar-refractivity contribution is 6.67. The number of amides is 2. The quantitative estimate of drug-likeness (QED) is 0.603. The molecular weight excluding hydrogens is 330 g/mol. The lowest BCUT2D eigenvalue weighted by Crippen LogP contribution is -2.41. The summed E-state index contributed by atoms with van der Waals surface area (Å²) in [6.45, 7) is 9.06. The van der Waals surface area contributed by atoms with Crippen LogP contribution in [0, 0.1) is 0 Å². The van der Waals surface area contributed by atoms with Crippen LogP contribution in [0.15, 0.2) is 12.7 Å². The van der Waals surface area contributed by atoms with Gasteiger partial charge in [-0.1, -0.05) is 40.9 Å². The van der Waals surface area contributed by atoms with Gasteiger partial charge in [-0.05, 0) is 20.8 Å². The third kappa shape index (κ3) is 17.2. The SMILES string of the molecule is C=CCN(CC(Cl)(Cl)Cl)C(=O)OC(C)(C)C.NC(=O)O. The fraction of sp³-hybridized carbons (Fsp3) is 0.636. The number of alkyl halides is 3. The summed E-state index contributed by atoms with van der Waals surface area (Å²) in [6.07, 6.45) is -0.320. The van der Waals surface area contributed by atoms with Gasteiger partial charge in [0, 0.05) is 6.54 Å². The van der Waals surface area contributed by atoms with Gasteiger partial charge in [0.1, 0.15) is 5.60 Å². The molecule has 0 spiro atoms. The molecule has 0 fully saturated rings. The van der Waals surface area contributed by atoms with E-state index in [9.17, 15) is 4.79 Å². The number of hydrogen-bond acceptors (Lipinski definition) is 3. The van der Waals surface area contributed by atoms with Gasteiger partial charge in [0.05, 0.1) is 6.54 Å². The van der Waals surface area contributed by atoms with Crippen molar-refractivity contribution in [2.45, 2.75) is 30.2 Å². The average molecular weight is 350 g/mol. The second-order valence-corrected chi connectivity index (χ2v) is 7.12. The molecule has 0 aromatic carbocycles. The van der Waals surface area contributed by atoms with Gasteiger partial charge in [0.2, 0.25) is 3.79 Å². The van der Waals surface area contributed by atoms with Gasteiger partial charge in [0.15, 0.2) is 0 Å². The van der Waals surface area contributed by atoms with Crippen molar-refractivity contribution in [3.63, 3.8) is 0 Å². The number of carbonyl (C=O) groups is 2. The highest BCUT2D eigenvalue weighted by atomic mass is 35.6. The summed E-state index contributed by atoms with van der Waals surface area (Å²) >= 11 is 16.9. The lowest BCUT2D eigenvalue weighted by molar-refractivity contribution is 0.0275. The van der Waals surface area contributed by atoms with Crippen LogP contribution in [-0.4, -0.2) is 44.7 Å². The monoisotopic (exact) mass is 348 g/mol. The Morgan fingerprint density at radius 3 is 2.00 bits per heavy atom. The van der Waals surface area contributed by atoms with Crippen LogP contribution in [0.2, 0.25) is 0 Å². The molecule has 0 bridgehead atoms. The molecule has 0 heterocycles. The van der Waals surface area contributed by atoms with Gasteiger partial charge in [-0.15, -0.1) is 6.58 Å². The number of halogens is 3. The van der Waals surface area contributed by atoms with Crippen LogP contribution in [0.25, 0.3) is 0 Å². The molecule has 0 saturated carbocycles. The van der Waals surface area contributed by atoms with E-state index in [1.54, 1.807) is 26.8 Å². The molecule has 118 valence electrons. The van der Waals surface area contributed by atoms with Crippen LogP contribution in [0.3, 0.4) is 0 Å². The molecule has 0 unspecified atom stereocenters. The molecule has 0 aliphatic heterocycles. The Kier molecular flexibility index (Phi) is 9.82. The lowest BCUT2D eigenvalue weighted by Gasteiger charge is -2.28. The third-order valence-corrected chi connectivity index (χ3v) is 1.73. The van der Waals surface area contributed by atoms with Crippen LogP contribution < -0.4 is 5.73 Å². The third-order valence-electron chi connectivity index (χ3n) is 1.37. The van der Waals surface area contributed by atoms with E-state index in [2.05, 4.69) is 12.3 Å². The second kappa shape index (κ2) is 9.15. The minimum atomic E-state index is -1.53. The summed E-state index contributed by atoms with van der Waals surface area (Å²) in [5.41, 5.74) is 3.45. The zero-order valence-corrected chi connectivity index (χ0v) is 13.8. The van der Waals surface area contributed by atoms with Crippen LogP contribution in [-0.2, 0) is 4.74 Å². The molecule has 3 N–H and O–H groups in total. The molecule has 0 aliphatic rings. The number of rotatable bonds is 3. The van der Waals surface area contributed by atoms with E-state index in [4.69, 9.17) is 49.4 Å². The maximum Gasteiger partial charge on any atom is 0.410 e. The smallest absolute Gasteiger partial charge is 0.410 e. The maximum atomic E-state index is 11.7. The van der Waals surface area contributed by atoms with Crippen molar-refractivity contribution in [1.29, 1.82) is 0 Å². The van der Waals surface area contributed by atoms with E-state index in [-0.39, 0.29) is 13.1 Å². The van der Waals surface area contributed by atoms with Gasteiger partial charge in [-0.2, -0.15) is 0 Å². The Labute approximate surface area is 133 Å². The van der Waals surface area contributed by atoms with Crippen molar-refractivity contribution >= 4 is 47.0 Å². The molecule has 6 nitrogen and oxygen atoms in total. The number of carbonyl (C=O) groups excluding carboxylic acids is 1. The zero-order chi connectivity index (χ0) is 16.6. The van der Waals surface area contributed by atoms with Crippen molar-refractivity contribution in [3.8, 4) is 0 Å². The summed E-state index contributed by atoms with van der Waals surface area (Å²) in [7, 11) is 0. The van der Waals surface area contributed by atoms with Gasteiger partial charge in [0.25, 0.3) is 0 Å². The molecule has 0 aliphatic carbocycles. The summed E-state index contributed by atoms with van der Waals surface area (Å²) in [6, 6.07) is 0. The Bertz CT molecular complexity index is 334. The Hall–Kier alpha value is -0.850. The molecule has 0 radical (unpaired) electrons. The Morgan fingerprint density at radius 2 is 1.75 bits per heavy atom. The summed E-state index contributed by atoms with van der Waals surface area (Å²) < 4.78 is 3.63. The topological polar surface area (TPSA) is 92.9 Å². The van der Waals surface area contributed by atoms with E-state index in [1.165, 1.54) is 4.90 Å². The largest absolute Gasteiger partial charge is 0.465 e. The minimum Gasteiger partial charge on any atom is -0.465 e. The van der Waals surface area contributed by atoms with Crippen LogP contribution in [0.1, 0.15) is 20.8 Å². The molecule has 0 aromatic heterocycles. The van der Waals surface area contributed by atoms with Gasteiger partial charge < -0.3 is 20.5 Å². The summed E-state index contributed by atoms with van der Waals surface area (Å²) in [4.78, 5) is 21.8. The lowest BCUT2D eigenvalue weighted by atomic mass is 10.2. The highest BCUT2D eigenvalue weighted by Crippen LogP contribution is 2.27. The highest BCUT2D eigenvalue weighted by Gasteiger charge is 2.29. The number of nitrogens with zero attached hydrogens (tertiary/aromatic N) is 1. The van der Waals surface area contributed by atoms with Gasteiger partial charge >= 0.3 is 12.2 Å². The first kappa shape index (κ1) is 21.4. The van der Waals surface area contributed by atoms with Crippen LogP contribution >= 0.6 is 34.8 Å². The normalized spacial score (nSPS) is 10.9. The van der Waals surface area contributed by atoms with Gasteiger partial charge in [-0.25, -0.2) is 9.59 Å². The molecule has 2 amide bonds. The van der Waals surface area contributed by atoms with E-state index in [0.29, 0.717) is 0 Å². The van der Waals surface area contributed by atoms with Crippen LogP contribution in [0.4, 0.5) is 9.59 Å². The van der Waals surface area contributed by atoms with Crippen molar-refractivity contribution in [3.05, 3.63) is 12.7 Å². The summed E-state index contributed by atoms with van der Waals surface area (Å²) in [5, 5.41) is 7.19. The molecular formula is C11H19Cl3N2O4. The molecule has 0 atom stereocenters. The zero-order valence-electron chi connectivity index (χ0n) is 11.5. The van der Waals surface area contributed by atoms with Crippen molar-refractivity contribution in [1.82, 2.24) is 4.90 Å². The maximum absolute atomic E-state index is 11.7. The number of carboxylic acid groups (broad SMARTS) is 1. The predicted octanol–water partition coefficient (Wildman–Crippen LogP) is 3.40. The second-order valence-electron chi connectivity index (χ2n) is 4.60. The minimum absolute atomic E-state index is 0.0431. The Balaban J connectivity index is 0. The first-order valence-electron chi connectivity index (χ1n) is 5.42. The molecule has 0 saturated heterocycles. The van der Waals surface area contributed by atoms with Crippen LogP contribution in [0.5, 0.6) is 0 Å². The van der Waals surface area contributed by atoms with Gasteiger partial charge in [-0.3, -0.25) is 0 Å². The summed E-state index contributed by atoms with van der Waals surface area (Å²) in [5.74, 6) is 0. The molecule has 9 heteroatoms. The number of nitrogens with two attached hydrogens (primary N) is 1. The first-order chi connectivity index (χ1) is 8.78. The van der Waals surface area contributed by atoms with Crippen molar-refractivity contribution in [2.24, 2.45) is 5.73 Å². The molecule has 20 heavy (non-hydrogen) atoms. The fourth-order valence-electron chi connectivity index (χ4n) is 0.902. The first-order valence-corrected chi connectivity index (χ1v) is 6.56. The number of primary amides is 1. The van der Waals surface area contributed by atoms with Crippen molar-refractivity contribution in [2.75, 3.05) is 13.1 Å². The fourth-order valence-corrected chi connectivity index (χ4v) is 1.34. The Morgan fingerprint density at radius 1 is 1.35 bits per heavy atom. The van der Waals surface area contributed by atoms with Crippen molar-refractivity contribution < 1.29 is 19.4 Å². The predicted molar refractivity (Wildman–Crippen MR) is 80.5 cm³/mol. The number of ether oxygens (including phenoxy) is 1. The number of hydrogen-bond donors (Lipinski definition) is 2. The van der Waals surface area contributed by atoms with E-state index in [0.717, 1.165) is 0 Å². The average Bonchev–Trinajstić information content (AvgIpc) is 2.10.